The Morgan fingerprint density at radius 3 is 2.68 bits per heavy atom. The molecule has 1 N–H and O–H groups in total. The van der Waals surface area contributed by atoms with Crippen molar-refractivity contribution in [2.24, 2.45) is 0 Å². The average Bonchev–Trinajstić information content (AvgIpc) is 2.65. The van der Waals surface area contributed by atoms with E-state index in [0.717, 1.165) is 14.6 Å². The van der Waals surface area contributed by atoms with Crippen LogP contribution in [0.4, 0.5) is 0 Å². The van der Waals surface area contributed by atoms with Gasteiger partial charge in [0.1, 0.15) is 5.02 Å². The molecule has 0 aliphatic heterocycles. The number of nitrogens with one attached hydrogen (secondary N) is 1. The van der Waals surface area contributed by atoms with E-state index in [9.17, 15) is 14.4 Å². The van der Waals surface area contributed by atoms with Gasteiger partial charge in [0.2, 0.25) is 0 Å². The fourth-order valence-corrected chi connectivity index (χ4v) is 4.39. The molecule has 0 saturated carbocycles. The van der Waals surface area contributed by atoms with Crippen LogP contribution in [-0.4, -0.2) is 15.3 Å². The minimum Gasteiger partial charge on any atom is -0.292 e. The number of rotatable bonds is 3. The molecule has 0 atom stereocenters. The molecule has 0 saturated heterocycles. The Labute approximate surface area is 132 Å². The number of Topliss-reactive ketones (excluding diaryl/α,β-unsaturated/α-hetero) is 1. The molecule has 0 aromatic carbocycles. The number of nitrogens with zero attached hydrogens (tertiary/aromatic N) is 1. The van der Waals surface area contributed by atoms with Crippen LogP contribution in [0, 0.1) is 0 Å². The van der Waals surface area contributed by atoms with Gasteiger partial charge in [-0.3, -0.25) is 19.1 Å². The molecule has 0 unspecified atom stereocenters. The standard InChI is InChI=1S/C10H5Br2ClN2O3S/c11-7-1-4(8(12)19-7)6(16)3-15-2-5(13)9(17)14-10(15)18/h1-2H,3H2,(H,14,17,18). The molecule has 0 amide bonds. The van der Waals surface area contributed by atoms with Crippen molar-refractivity contribution in [2.75, 3.05) is 0 Å². The van der Waals surface area contributed by atoms with Gasteiger partial charge in [0.05, 0.1) is 14.1 Å². The molecule has 0 aliphatic carbocycles. The van der Waals surface area contributed by atoms with Crippen LogP contribution in [0.5, 0.6) is 0 Å². The first-order valence-electron chi connectivity index (χ1n) is 4.86. The summed E-state index contributed by atoms with van der Waals surface area (Å²) in [5.74, 6) is -0.265. The minimum absolute atomic E-state index is 0.141. The van der Waals surface area contributed by atoms with Gasteiger partial charge in [-0.2, -0.15) is 0 Å². The molecule has 0 bridgehead atoms. The number of halogens is 3. The number of thiophene rings is 1. The van der Waals surface area contributed by atoms with Gasteiger partial charge in [-0.1, -0.05) is 11.6 Å². The maximum atomic E-state index is 12.1. The van der Waals surface area contributed by atoms with Crippen molar-refractivity contribution in [3.63, 3.8) is 0 Å². The lowest BCUT2D eigenvalue weighted by Crippen LogP contribution is -2.31. The summed E-state index contributed by atoms with van der Waals surface area (Å²) in [6.45, 7) is -0.197. The normalized spacial score (nSPS) is 10.7. The van der Waals surface area contributed by atoms with Crippen LogP contribution >= 0.6 is 54.8 Å². The van der Waals surface area contributed by atoms with E-state index in [2.05, 4.69) is 31.9 Å². The SMILES string of the molecule is O=C(Cn1cc(Cl)c(=O)[nH]c1=O)c1cc(Br)sc1Br. The van der Waals surface area contributed by atoms with Crippen LogP contribution in [0.1, 0.15) is 10.4 Å². The summed E-state index contributed by atoms with van der Waals surface area (Å²) >= 11 is 13.5. The third-order valence-electron chi connectivity index (χ3n) is 2.24. The molecule has 5 nitrogen and oxygen atoms in total. The van der Waals surface area contributed by atoms with E-state index in [1.54, 1.807) is 6.07 Å². The lowest BCUT2D eigenvalue weighted by Gasteiger charge is -2.03. The van der Waals surface area contributed by atoms with E-state index in [0.29, 0.717) is 9.35 Å². The molecular formula is C10H5Br2ClN2O3S. The van der Waals surface area contributed by atoms with E-state index in [-0.39, 0.29) is 17.4 Å². The quantitative estimate of drug-likeness (QED) is 0.764. The second-order valence-electron chi connectivity index (χ2n) is 3.53. The summed E-state index contributed by atoms with van der Waals surface area (Å²) in [6, 6.07) is 1.66. The summed E-state index contributed by atoms with van der Waals surface area (Å²) in [5.41, 5.74) is -0.880. The lowest BCUT2D eigenvalue weighted by molar-refractivity contribution is 0.0970. The van der Waals surface area contributed by atoms with Crippen LogP contribution in [-0.2, 0) is 6.54 Å². The Kier molecular flexibility index (Phi) is 4.44. The number of carbonyl (C=O) groups excluding carboxylic acids is 1. The predicted molar refractivity (Wildman–Crippen MR) is 80.4 cm³/mol. The number of hydrogen-bond acceptors (Lipinski definition) is 4. The number of carbonyl (C=O) groups is 1. The van der Waals surface area contributed by atoms with Crippen molar-refractivity contribution in [1.82, 2.24) is 9.55 Å². The maximum absolute atomic E-state index is 12.1. The molecule has 100 valence electrons. The topological polar surface area (TPSA) is 71.9 Å². The third kappa shape index (κ3) is 3.25. The van der Waals surface area contributed by atoms with Gasteiger partial charge in [0, 0.05) is 11.8 Å². The Morgan fingerprint density at radius 1 is 1.42 bits per heavy atom. The first-order valence-corrected chi connectivity index (χ1v) is 7.64. The van der Waals surface area contributed by atoms with E-state index in [1.165, 1.54) is 11.3 Å². The van der Waals surface area contributed by atoms with Crippen LogP contribution in [0.3, 0.4) is 0 Å². The lowest BCUT2D eigenvalue weighted by atomic mass is 10.2. The molecule has 0 aliphatic rings. The second-order valence-corrected chi connectivity index (χ2v) is 7.68. The van der Waals surface area contributed by atoms with Crippen LogP contribution in [0.15, 0.2) is 29.4 Å². The van der Waals surface area contributed by atoms with Crippen molar-refractivity contribution in [2.45, 2.75) is 6.54 Å². The summed E-state index contributed by atoms with van der Waals surface area (Å²) in [4.78, 5) is 36.7. The van der Waals surface area contributed by atoms with Gasteiger partial charge in [0.25, 0.3) is 5.56 Å². The molecule has 19 heavy (non-hydrogen) atoms. The molecule has 9 heteroatoms. The summed E-state index contributed by atoms with van der Waals surface area (Å²) in [5, 5.41) is -0.141. The highest BCUT2D eigenvalue weighted by molar-refractivity contribution is 9.12. The van der Waals surface area contributed by atoms with Crippen LogP contribution in [0.25, 0.3) is 0 Å². The van der Waals surface area contributed by atoms with Gasteiger partial charge < -0.3 is 0 Å². The van der Waals surface area contributed by atoms with Crippen molar-refractivity contribution in [3.8, 4) is 0 Å². The van der Waals surface area contributed by atoms with Crippen molar-refractivity contribution < 1.29 is 4.79 Å². The second kappa shape index (κ2) is 5.74. The first-order chi connectivity index (χ1) is 8.88. The number of ketones is 1. The molecule has 2 aromatic heterocycles. The van der Waals surface area contributed by atoms with E-state index in [4.69, 9.17) is 11.6 Å². The monoisotopic (exact) mass is 426 g/mol. The first kappa shape index (κ1) is 14.7. The van der Waals surface area contributed by atoms with Gasteiger partial charge in [-0.25, -0.2) is 4.79 Å². The highest BCUT2D eigenvalue weighted by Crippen LogP contribution is 2.32. The van der Waals surface area contributed by atoms with E-state index in [1.807, 2.05) is 4.98 Å². The Hall–Kier alpha value is -0.700. The zero-order chi connectivity index (χ0) is 14.2. The van der Waals surface area contributed by atoms with Crippen molar-refractivity contribution >= 4 is 60.6 Å². The summed E-state index contributed by atoms with van der Waals surface area (Å²) in [6.07, 6.45) is 1.15. The van der Waals surface area contributed by atoms with Crippen molar-refractivity contribution in [3.05, 3.63) is 51.3 Å². The zero-order valence-corrected chi connectivity index (χ0v) is 13.8. The molecule has 0 radical (unpaired) electrons. The number of aromatic amines is 1. The number of hydrogen-bond donors (Lipinski definition) is 1. The molecule has 0 fully saturated rings. The fourth-order valence-electron chi connectivity index (χ4n) is 1.37. The van der Waals surface area contributed by atoms with Gasteiger partial charge in [0.15, 0.2) is 5.78 Å². The Bertz CT molecular complexity index is 765. The van der Waals surface area contributed by atoms with Crippen LogP contribution < -0.4 is 11.2 Å². The molecule has 2 rings (SSSR count). The highest BCUT2D eigenvalue weighted by atomic mass is 79.9. The van der Waals surface area contributed by atoms with Crippen molar-refractivity contribution in [1.29, 1.82) is 0 Å². The molecule has 2 heterocycles. The Balaban J connectivity index is 2.34. The zero-order valence-electron chi connectivity index (χ0n) is 9.08. The van der Waals surface area contributed by atoms with E-state index >= 15 is 0 Å². The Morgan fingerprint density at radius 2 is 2.11 bits per heavy atom. The summed E-state index contributed by atoms with van der Waals surface area (Å²) < 4.78 is 2.53. The number of H-pyrrole nitrogens is 1. The molecule has 0 spiro atoms. The maximum Gasteiger partial charge on any atom is 0.328 e. The largest absolute Gasteiger partial charge is 0.328 e. The van der Waals surface area contributed by atoms with Crippen LogP contribution in [0.2, 0.25) is 5.02 Å². The van der Waals surface area contributed by atoms with Gasteiger partial charge in [-0.15, -0.1) is 11.3 Å². The van der Waals surface area contributed by atoms with E-state index < -0.39 is 11.2 Å². The average molecular weight is 428 g/mol. The predicted octanol–water partition coefficient (Wildman–Crippen LogP) is 2.66. The minimum atomic E-state index is -0.673. The summed E-state index contributed by atoms with van der Waals surface area (Å²) in [7, 11) is 0. The molecular weight excluding hydrogens is 423 g/mol. The smallest absolute Gasteiger partial charge is 0.292 e. The molecule has 2 aromatic rings. The van der Waals surface area contributed by atoms with Gasteiger partial charge >= 0.3 is 5.69 Å². The fraction of sp³-hybridized carbons (Fsp3) is 0.100. The van der Waals surface area contributed by atoms with Gasteiger partial charge in [-0.05, 0) is 37.9 Å². The third-order valence-corrected chi connectivity index (χ3v) is 4.85. The highest BCUT2D eigenvalue weighted by Gasteiger charge is 2.15. The number of aromatic nitrogens is 2.